The van der Waals surface area contributed by atoms with E-state index in [4.69, 9.17) is 11.6 Å². The van der Waals surface area contributed by atoms with Crippen LogP contribution in [0.1, 0.15) is 20.4 Å². The Morgan fingerprint density at radius 2 is 2.17 bits per heavy atom. The molecule has 0 aliphatic rings. The number of rotatable bonds is 2. The van der Waals surface area contributed by atoms with Crippen molar-refractivity contribution in [2.24, 2.45) is 0 Å². The number of halogens is 2. The molecule has 2 aromatic rings. The Morgan fingerprint density at radius 3 is 2.78 bits per heavy atom. The molecule has 0 aliphatic carbocycles. The van der Waals surface area contributed by atoms with Crippen LogP contribution in [0, 0.1) is 13.8 Å². The average Bonchev–Trinajstić information content (AvgIpc) is 2.63. The lowest BCUT2D eigenvalue weighted by molar-refractivity contribution is 0.103. The number of carbonyl (C=O) groups excluding carboxylic acids is 1. The van der Waals surface area contributed by atoms with E-state index in [9.17, 15) is 4.79 Å². The Bertz CT molecular complexity index is 612. The number of aryl methyl sites for hydroxylation is 2. The summed E-state index contributed by atoms with van der Waals surface area (Å²) in [5.41, 5.74) is 1.39. The number of hydrogen-bond acceptors (Lipinski definition) is 3. The minimum Gasteiger partial charge on any atom is -0.320 e. The van der Waals surface area contributed by atoms with Crippen LogP contribution in [0.4, 0.5) is 5.69 Å². The minimum atomic E-state index is -0.166. The van der Waals surface area contributed by atoms with E-state index in [1.165, 1.54) is 11.3 Å². The van der Waals surface area contributed by atoms with Crippen molar-refractivity contribution in [2.45, 2.75) is 13.8 Å². The van der Waals surface area contributed by atoms with E-state index in [0.717, 1.165) is 15.2 Å². The van der Waals surface area contributed by atoms with Crippen molar-refractivity contribution in [3.8, 4) is 0 Å². The molecule has 1 N–H and O–H groups in total. The standard InChI is InChI=1S/C12H10BrClN2OS/c1-6-11(18-7(2)15-6)12(17)16-10-5-8(14)3-4-9(10)13/h3-5H,1-2H3,(H,16,17). The highest BCUT2D eigenvalue weighted by atomic mass is 79.9. The number of nitrogens with zero attached hydrogens (tertiary/aromatic N) is 1. The summed E-state index contributed by atoms with van der Waals surface area (Å²) in [4.78, 5) is 17.0. The second kappa shape index (κ2) is 5.38. The van der Waals surface area contributed by atoms with E-state index in [1.54, 1.807) is 18.2 Å². The van der Waals surface area contributed by atoms with Crippen molar-refractivity contribution < 1.29 is 4.79 Å². The first-order chi connectivity index (χ1) is 8.47. The largest absolute Gasteiger partial charge is 0.320 e. The quantitative estimate of drug-likeness (QED) is 0.875. The predicted molar refractivity (Wildman–Crippen MR) is 78.7 cm³/mol. The Kier molecular flexibility index (Phi) is 4.04. The van der Waals surface area contributed by atoms with Gasteiger partial charge in [-0.1, -0.05) is 11.6 Å². The smallest absolute Gasteiger partial charge is 0.267 e. The molecule has 1 heterocycles. The highest BCUT2D eigenvalue weighted by Gasteiger charge is 2.15. The van der Waals surface area contributed by atoms with Gasteiger partial charge in [0.1, 0.15) is 4.88 Å². The SMILES string of the molecule is Cc1nc(C)c(C(=O)Nc2cc(Cl)ccc2Br)s1. The summed E-state index contributed by atoms with van der Waals surface area (Å²) in [6.45, 7) is 3.70. The van der Waals surface area contributed by atoms with Gasteiger partial charge >= 0.3 is 0 Å². The molecule has 0 unspecified atom stereocenters. The van der Waals surface area contributed by atoms with Gasteiger partial charge in [0.25, 0.3) is 5.91 Å². The first-order valence-electron chi connectivity index (χ1n) is 5.18. The van der Waals surface area contributed by atoms with Crippen molar-refractivity contribution in [2.75, 3.05) is 5.32 Å². The molecule has 94 valence electrons. The highest BCUT2D eigenvalue weighted by Crippen LogP contribution is 2.27. The van der Waals surface area contributed by atoms with E-state index in [1.807, 2.05) is 13.8 Å². The number of hydrogen-bond donors (Lipinski definition) is 1. The Morgan fingerprint density at radius 1 is 1.44 bits per heavy atom. The van der Waals surface area contributed by atoms with Crippen LogP contribution in [0.25, 0.3) is 0 Å². The molecule has 0 atom stereocenters. The minimum absolute atomic E-state index is 0.166. The fourth-order valence-electron chi connectivity index (χ4n) is 1.51. The van der Waals surface area contributed by atoms with Gasteiger partial charge in [-0.3, -0.25) is 4.79 Å². The number of nitrogens with one attached hydrogen (secondary N) is 1. The molecule has 1 amide bonds. The van der Waals surface area contributed by atoms with Gasteiger partial charge in [0.2, 0.25) is 0 Å². The average molecular weight is 346 g/mol. The van der Waals surface area contributed by atoms with Gasteiger partial charge in [-0.15, -0.1) is 11.3 Å². The van der Waals surface area contributed by atoms with Crippen molar-refractivity contribution in [3.05, 3.63) is 43.3 Å². The molecule has 1 aromatic heterocycles. The first-order valence-corrected chi connectivity index (χ1v) is 7.16. The van der Waals surface area contributed by atoms with Gasteiger partial charge in [0, 0.05) is 9.50 Å². The molecule has 1 aromatic carbocycles. The lowest BCUT2D eigenvalue weighted by Crippen LogP contribution is -2.11. The molecular weight excluding hydrogens is 336 g/mol. The van der Waals surface area contributed by atoms with Crippen LogP contribution in [0.5, 0.6) is 0 Å². The van der Waals surface area contributed by atoms with Crippen molar-refractivity contribution in [3.63, 3.8) is 0 Å². The monoisotopic (exact) mass is 344 g/mol. The molecule has 0 bridgehead atoms. The summed E-state index contributed by atoms with van der Waals surface area (Å²) in [7, 11) is 0. The lowest BCUT2D eigenvalue weighted by Gasteiger charge is -2.06. The molecule has 0 radical (unpaired) electrons. The fraction of sp³-hybridized carbons (Fsp3) is 0.167. The maximum atomic E-state index is 12.1. The third-order valence-corrected chi connectivity index (χ3v) is 4.28. The van der Waals surface area contributed by atoms with E-state index in [2.05, 4.69) is 26.2 Å². The van der Waals surface area contributed by atoms with Gasteiger partial charge in [-0.2, -0.15) is 0 Å². The van der Waals surface area contributed by atoms with Crippen LogP contribution in [-0.4, -0.2) is 10.9 Å². The third kappa shape index (κ3) is 2.91. The van der Waals surface area contributed by atoms with Crippen molar-refractivity contribution in [1.29, 1.82) is 0 Å². The topological polar surface area (TPSA) is 42.0 Å². The van der Waals surface area contributed by atoms with Crippen molar-refractivity contribution in [1.82, 2.24) is 4.98 Å². The molecule has 0 spiro atoms. The van der Waals surface area contributed by atoms with Crippen LogP contribution in [0.15, 0.2) is 22.7 Å². The van der Waals surface area contributed by atoms with Gasteiger partial charge in [-0.25, -0.2) is 4.98 Å². The molecule has 3 nitrogen and oxygen atoms in total. The van der Waals surface area contributed by atoms with Gasteiger partial charge in [-0.05, 0) is 48.0 Å². The molecule has 0 saturated carbocycles. The summed E-state index contributed by atoms with van der Waals surface area (Å²) < 4.78 is 0.791. The first kappa shape index (κ1) is 13.5. The zero-order valence-corrected chi connectivity index (χ0v) is 12.9. The molecule has 0 aliphatic heterocycles. The van der Waals surface area contributed by atoms with E-state index in [0.29, 0.717) is 15.6 Å². The van der Waals surface area contributed by atoms with Crippen molar-refractivity contribution >= 4 is 50.5 Å². The number of anilines is 1. The number of amides is 1. The number of thiazole rings is 1. The van der Waals surface area contributed by atoms with Gasteiger partial charge in [0.05, 0.1) is 16.4 Å². The van der Waals surface area contributed by atoms with Gasteiger partial charge in [0.15, 0.2) is 0 Å². The Balaban J connectivity index is 2.26. The second-order valence-corrected chi connectivity index (χ2v) is 6.22. The van der Waals surface area contributed by atoms with E-state index < -0.39 is 0 Å². The molecular formula is C12H10BrClN2OS. The molecule has 0 fully saturated rings. The maximum Gasteiger partial charge on any atom is 0.267 e. The highest BCUT2D eigenvalue weighted by molar-refractivity contribution is 9.10. The van der Waals surface area contributed by atoms with Crippen LogP contribution >= 0.6 is 38.9 Å². The summed E-state index contributed by atoms with van der Waals surface area (Å²) in [6.07, 6.45) is 0. The second-order valence-electron chi connectivity index (χ2n) is 3.73. The Hall–Kier alpha value is -0.910. The zero-order valence-electron chi connectivity index (χ0n) is 9.75. The Labute approximate surface area is 122 Å². The van der Waals surface area contributed by atoms with Crippen LogP contribution in [-0.2, 0) is 0 Å². The number of benzene rings is 1. The molecule has 18 heavy (non-hydrogen) atoms. The normalized spacial score (nSPS) is 10.4. The third-order valence-electron chi connectivity index (χ3n) is 2.29. The van der Waals surface area contributed by atoms with Crippen LogP contribution in [0.3, 0.4) is 0 Å². The summed E-state index contributed by atoms with van der Waals surface area (Å²) in [6, 6.07) is 5.25. The maximum absolute atomic E-state index is 12.1. The summed E-state index contributed by atoms with van der Waals surface area (Å²) in [5.74, 6) is -0.166. The van der Waals surface area contributed by atoms with E-state index in [-0.39, 0.29) is 5.91 Å². The molecule has 6 heteroatoms. The number of carbonyl (C=O) groups is 1. The fourth-order valence-corrected chi connectivity index (χ4v) is 2.85. The van der Waals surface area contributed by atoms with Gasteiger partial charge < -0.3 is 5.32 Å². The lowest BCUT2D eigenvalue weighted by atomic mass is 10.3. The van der Waals surface area contributed by atoms with Crippen LogP contribution < -0.4 is 5.32 Å². The summed E-state index contributed by atoms with van der Waals surface area (Å²) in [5, 5.41) is 4.27. The molecule has 0 saturated heterocycles. The van der Waals surface area contributed by atoms with E-state index >= 15 is 0 Å². The number of aromatic nitrogens is 1. The zero-order chi connectivity index (χ0) is 13.3. The predicted octanol–water partition coefficient (Wildman–Crippen LogP) is 4.43. The van der Waals surface area contributed by atoms with Crippen LogP contribution in [0.2, 0.25) is 5.02 Å². The summed E-state index contributed by atoms with van der Waals surface area (Å²) >= 11 is 10.6. The molecule has 2 rings (SSSR count).